The lowest BCUT2D eigenvalue weighted by Gasteiger charge is -2.33. The Balaban J connectivity index is 1.82. The quantitative estimate of drug-likeness (QED) is 0.907. The molecule has 3 rings (SSSR count). The van der Waals surface area contributed by atoms with Crippen molar-refractivity contribution >= 4 is 11.4 Å². The molecule has 1 fully saturated rings. The van der Waals surface area contributed by atoms with Gasteiger partial charge in [-0.15, -0.1) is 0 Å². The lowest BCUT2D eigenvalue weighted by molar-refractivity contribution is 0.423. The summed E-state index contributed by atoms with van der Waals surface area (Å²) in [5.74, 6) is 0. The molecule has 124 valence electrons. The Bertz CT molecular complexity index is 738. The summed E-state index contributed by atoms with van der Waals surface area (Å²) in [6.45, 7) is 0. The molecule has 2 aromatic rings. The van der Waals surface area contributed by atoms with Crippen molar-refractivity contribution in [3.8, 4) is 0 Å². The molecule has 4 nitrogen and oxygen atoms in total. The van der Waals surface area contributed by atoms with Crippen molar-refractivity contribution in [2.45, 2.75) is 37.8 Å². The Morgan fingerprint density at radius 1 is 0.625 bits per heavy atom. The zero-order chi connectivity index (χ0) is 16.8. The van der Waals surface area contributed by atoms with Gasteiger partial charge >= 0.3 is 0 Å². The Morgan fingerprint density at radius 2 is 1.04 bits per heavy atom. The molecule has 0 spiro atoms. The van der Waals surface area contributed by atoms with E-state index < -0.39 is 0 Å². The average Bonchev–Trinajstić information content (AvgIpc) is 2.91. The summed E-state index contributed by atoms with van der Waals surface area (Å²) in [6, 6.07) is 17.9. The predicted molar refractivity (Wildman–Crippen MR) is 98.7 cm³/mol. The van der Waals surface area contributed by atoms with E-state index in [9.17, 15) is 9.59 Å². The summed E-state index contributed by atoms with van der Waals surface area (Å²) in [5.41, 5.74) is 1.19. The van der Waals surface area contributed by atoms with Crippen LogP contribution in [0.2, 0.25) is 0 Å². The molecule has 0 radical (unpaired) electrons. The first kappa shape index (κ1) is 16.2. The minimum Gasteiger partial charge on any atom is -0.377 e. The van der Waals surface area contributed by atoms with E-state index in [1.165, 1.54) is 0 Å². The highest BCUT2D eigenvalue weighted by molar-refractivity contribution is 5.47. The molecule has 2 aromatic carbocycles. The fourth-order valence-corrected chi connectivity index (χ4v) is 3.18. The van der Waals surface area contributed by atoms with Crippen molar-refractivity contribution in [3.63, 3.8) is 0 Å². The van der Waals surface area contributed by atoms with E-state index in [1.54, 1.807) is 24.3 Å². The molecule has 1 saturated carbocycles. The largest absolute Gasteiger partial charge is 0.377 e. The standard InChI is InChI=1S/C20H22N2O2/c23-19-13-5-1-3-11-17(19)21-15-9-7-8-10-16(15)22-18-12-4-2-6-14-20(18)24/h1-6,11-16H,7-10H2,(H,21,23)(H,22,24)/t15-,16-/m0/s1. The summed E-state index contributed by atoms with van der Waals surface area (Å²) in [7, 11) is 0. The van der Waals surface area contributed by atoms with Crippen LogP contribution < -0.4 is 21.5 Å². The van der Waals surface area contributed by atoms with Gasteiger partial charge in [0, 0.05) is 12.1 Å². The molecule has 0 bridgehead atoms. The summed E-state index contributed by atoms with van der Waals surface area (Å²) < 4.78 is 0. The Morgan fingerprint density at radius 3 is 1.50 bits per heavy atom. The minimum absolute atomic E-state index is 0.0139. The van der Waals surface area contributed by atoms with Gasteiger partial charge in [-0.3, -0.25) is 9.59 Å². The molecule has 0 amide bonds. The normalized spacial score (nSPS) is 20.2. The number of anilines is 2. The predicted octanol–water partition coefficient (Wildman–Crippen LogP) is 3.24. The first-order valence-corrected chi connectivity index (χ1v) is 8.46. The first-order valence-electron chi connectivity index (χ1n) is 8.46. The minimum atomic E-state index is -0.0139. The van der Waals surface area contributed by atoms with E-state index in [-0.39, 0.29) is 22.9 Å². The van der Waals surface area contributed by atoms with Gasteiger partial charge in [-0.1, -0.05) is 49.2 Å². The van der Waals surface area contributed by atoms with Crippen molar-refractivity contribution in [1.82, 2.24) is 0 Å². The van der Waals surface area contributed by atoms with Gasteiger partial charge in [-0.25, -0.2) is 0 Å². The monoisotopic (exact) mass is 322 g/mol. The van der Waals surface area contributed by atoms with Crippen molar-refractivity contribution in [2.24, 2.45) is 0 Å². The third-order valence-corrected chi connectivity index (χ3v) is 4.44. The van der Waals surface area contributed by atoms with Gasteiger partial charge in [0.25, 0.3) is 0 Å². The highest BCUT2D eigenvalue weighted by Crippen LogP contribution is 2.23. The van der Waals surface area contributed by atoms with Crippen molar-refractivity contribution in [3.05, 3.63) is 81.1 Å². The molecule has 0 aromatic heterocycles. The van der Waals surface area contributed by atoms with Crippen LogP contribution in [0.15, 0.2) is 70.3 Å². The van der Waals surface area contributed by atoms with Gasteiger partial charge in [0.2, 0.25) is 10.9 Å². The second-order valence-electron chi connectivity index (χ2n) is 6.16. The second-order valence-corrected chi connectivity index (χ2v) is 6.16. The van der Waals surface area contributed by atoms with Gasteiger partial charge in [-0.2, -0.15) is 0 Å². The molecule has 0 aliphatic heterocycles. The van der Waals surface area contributed by atoms with Crippen LogP contribution in [0.4, 0.5) is 11.4 Å². The van der Waals surface area contributed by atoms with E-state index in [2.05, 4.69) is 10.6 Å². The molecule has 1 aliphatic rings. The summed E-state index contributed by atoms with van der Waals surface area (Å²) in [5, 5.41) is 6.78. The maximum absolute atomic E-state index is 12.1. The van der Waals surface area contributed by atoms with E-state index in [1.807, 2.05) is 36.4 Å². The highest BCUT2D eigenvalue weighted by atomic mass is 16.1. The maximum Gasteiger partial charge on any atom is 0.201 e. The third-order valence-electron chi connectivity index (χ3n) is 4.44. The molecule has 0 saturated heterocycles. The molecule has 0 unspecified atom stereocenters. The average molecular weight is 322 g/mol. The zero-order valence-electron chi connectivity index (χ0n) is 13.6. The summed E-state index contributed by atoms with van der Waals surface area (Å²) >= 11 is 0. The van der Waals surface area contributed by atoms with Crippen LogP contribution in [-0.2, 0) is 0 Å². The number of rotatable bonds is 4. The van der Waals surface area contributed by atoms with Crippen LogP contribution in [0, 0.1) is 0 Å². The maximum atomic E-state index is 12.1. The number of hydrogen-bond acceptors (Lipinski definition) is 4. The lowest BCUT2D eigenvalue weighted by Crippen LogP contribution is -2.43. The Hall–Kier alpha value is -2.62. The summed E-state index contributed by atoms with van der Waals surface area (Å²) in [4.78, 5) is 24.2. The van der Waals surface area contributed by atoms with Gasteiger partial charge < -0.3 is 10.6 Å². The van der Waals surface area contributed by atoms with E-state index >= 15 is 0 Å². The molecular weight excluding hydrogens is 300 g/mol. The van der Waals surface area contributed by atoms with Crippen molar-refractivity contribution in [2.75, 3.05) is 10.6 Å². The number of hydrogen-bond donors (Lipinski definition) is 2. The van der Waals surface area contributed by atoms with Gasteiger partial charge in [0.15, 0.2) is 0 Å². The zero-order valence-corrected chi connectivity index (χ0v) is 13.6. The van der Waals surface area contributed by atoms with E-state index in [4.69, 9.17) is 0 Å². The smallest absolute Gasteiger partial charge is 0.201 e. The van der Waals surface area contributed by atoms with Crippen molar-refractivity contribution < 1.29 is 0 Å². The SMILES string of the molecule is O=c1cccccc1N[C@H]1CCCC[C@@H]1Nc1cccccc1=O. The van der Waals surface area contributed by atoms with Crippen LogP contribution in [0.5, 0.6) is 0 Å². The molecule has 0 heterocycles. The van der Waals surface area contributed by atoms with Crippen LogP contribution in [0.25, 0.3) is 0 Å². The molecule has 1 aliphatic carbocycles. The molecule has 2 N–H and O–H groups in total. The van der Waals surface area contributed by atoms with Crippen LogP contribution in [0.1, 0.15) is 25.7 Å². The molecule has 2 atom stereocenters. The molecule has 24 heavy (non-hydrogen) atoms. The van der Waals surface area contributed by atoms with E-state index in [0.29, 0.717) is 11.4 Å². The lowest BCUT2D eigenvalue weighted by atomic mass is 9.90. The van der Waals surface area contributed by atoms with Gasteiger partial charge in [0.1, 0.15) is 0 Å². The first-order chi connectivity index (χ1) is 11.7. The van der Waals surface area contributed by atoms with Crippen LogP contribution in [-0.4, -0.2) is 12.1 Å². The van der Waals surface area contributed by atoms with Crippen LogP contribution in [0.3, 0.4) is 0 Å². The topological polar surface area (TPSA) is 58.2 Å². The summed E-state index contributed by atoms with van der Waals surface area (Å²) in [6.07, 6.45) is 4.19. The number of nitrogens with one attached hydrogen (secondary N) is 2. The Labute approximate surface area is 141 Å². The second kappa shape index (κ2) is 7.77. The highest BCUT2D eigenvalue weighted by Gasteiger charge is 2.25. The fraction of sp³-hybridized carbons (Fsp3) is 0.300. The third kappa shape index (κ3) is 4.02. The van der Waals surface area contributed by atoms with Crippen LogP contribution >= 0.6 is 0 Å². The van der Waals surface area contributed by atoms with Gasteiger partial charge in [-0.05, 0) is 37.1 Å². The molecular formula is C20H22N2O2. The van der Waals surface area contributed by atoms with Crippen molar-refractivity contribution in [1.29, 1.82) is 0 Å². The fourth-order valence-electron chi connectivity index (χ4n) is 3.18. The van der Waals surface area contributed by atoms with E-state index in [0.717, 1.165) is 25.7 Å². The Kier molecular flexibility index (Phi) is 5.26. The molecule has 4 heteroatoms. The van der Waals surface area contributed by atoms with Gasteiger partial charge in [0.05, 0.1) is 11.4 Å².